The van der Waals surface area contributed by atoms with Crippen LogP contribution in [0.2, 0.25) is 5.02 Å². The normalized spacial score (nSPS) is 11.4. The molecule has 2 N–H and O–H groups in total. The van der Waals surface area contributed by atoms with E-state index in [2.05, 4.69) is 10.6 Å². The van der Waals surface area contributed by atoms with E-state index in [0.29, 0.717) is 34.7 Å². The number of rotatable bonds is 10. The van der Waals surface area contributed by atoms with Crippen molar-refractivity contribution in [3.63, 3.8) is 0 Å². The van der Waals surface area contributed by atoms with Crippen LogP contribution in [0.4, 0.5) is 14.9 Å². The van der Waals surface area contributed by atoms with Crippen molar-refractivity contribution >= 4 is 35.1 Å². The van der Waals surface area contributed by atoms with Crippen molar-refractivity contribution in [1.82, 2.24) is 5.32 Å². The lowest BCUT2D eigenvalue weighted by Gasteiger charge is -2.16. The van der Waals surface area contributed by atoms with E-state index in [1.165, 1.54) is 19.1 Å². The summed E-state index contributed by atoms with van der Waals surface area (Å²) in [7, 11) is 0. The van der Waals surface area contributed by atoms with Gasteiger partial charge in [0, 0.05) is 10.7 Å². The Morgan fingerprint density at radius 3 is 2.26 bits per heavy atom. The van der Waals surface area contributed by atoms with Crippen molar-refractivity contribution in [3.05, 3.63) is 100 Å². The molecule has 35 heavy (non-hydrogen) atoms. The van der Waals surface area contributed by atoms with Crippen LogP contribution in [-0.4, -0.2) is 23.8 Å². The van der Waals surface area contributed by atoms with E-state index >= 15 is 0 Å². The average Bonchev–Trinajstić information content (AvgIpc) is 2.83. The Hall–Kier alpha value is -3.71. The summed E-state index contributed by atoms with van der Waals surface area (Å²) in [6.07, 6.45) is 0.374. The average molecular weight is 497 g/mol. The number of ketones is 1. The fraction of sp³-hybridized carbons (Fsp3) is 0.222. The molecule has 6 nitrogen and oxygen atoms in total. The molecule has 0 aliphatic rings. The van der Waals surface area contributed by atoms with Gasteiger partial charge >= 0.3 is 6.09 Å². The van der Waals surface area contributed by atoms with Crippen molar-refractivity contribution in [3.8, 4) is 0 Å². The van der Waals surface area contributed by atoms with Gasteiger partial charge in [-0.15, -0.1) is 0 Å². The van der Waals surface area contributed by atoms with Gasteiger partial charge in [-0.05, 0) is 66.8 Å². The second kappa shape index (κ2) is 12.7. The van der Waals surface area contributed by atoms with E-state index in [0.717, 1.165) is 5.56 Å². The van der Waals surface area contributed by atoms with E-state index in [-0.39, 0.29) is 30.5 Å². The number of halogens is 2. The predicted octanol–water partition coefficient (Wildman–Crippen LogP) is 5.48. The highest BCUT2D eigenvalue weighted by molar-refractivity contribution is 6.31. The molecule has 0 saturated carbocycles. The summed E-state index contributed by atoms with van der Waals surface area (Å²) >= 11 is 6.16. The van der Waals surface area contributed by atoms with E-state index in [4.69, 9.17) is 16.3 Å². The SMILES string of the molecule is CC(=O)[C@H](CCc1ccccc1Cl)NC(=O)OCc1ccc(NC(=O)Cc2ccc(F)cc2)cc1. The monoisotopic (exact) mass is 496 g/mol. The van der Waals surface area contributed by atoms with Crippen LogP contribution in [-0.2, 0) is 33.8 Å². The molecule has 0 radical (unpaired) electrons. The second-order valence-electron chi connectivity index (χ2n) is 8.06. The fourth-order valence-electron chi connectivity index (χ4n) is 3.39. The minimum Gasteiger partial charge on any atom is -0.445 e. The summed E-state index contributed by atoms with van der Waals surface area (Å²) in [5, 5.41) is 5.99. The molecule has 3 rings (SSSR count). The van der Waals surface area contributed by atoms with Crippen molar-refractivity contribution in [2.45, 2.75) is 38.8 Å². The van der Waals surface area contributed by atoms with Gasteiger partial charge in [0.15, 0.2) is 5.78 Å². The summed E-state index contributed by atoms with van der Waals surface area (Å²) < 4.78 is 18.2. The Labute approximate surface area is 208 Å². The van der Waals surface area contributed by atoms with Gasteiger partial charge in [-0.3, -0.25) is 9.59 Å². The first-order chi connectivity index (χ1) is 16.8. The van der Waals surface area contributed by atoms with Crippen LogP contribution >= 0.6 is 11.6 Å². The summed E-state index contributed by atoms with van der Waals surface area (Å²) in [4.78, 5) is 36.4. The molecule has 0 unspecified atom stereocenters. The standard InChI is InChI=1S/C27H26ClFN2O4/c1-18(32)25(15-10-21-4-2-3-5-24(21)28)31-27(34)35-17-20-8-13-23(14-9-20)30-26(33)16-19-6-11-22(29)12-7-19/h2-9,11-14,25H,10,15-17H2,1H3,(H,30,33)(H,31,34)/t25-/m0/s1. The number of anilines is 1. The van der Waals surface area contributed by atoms with Crippen LogP contribution in [0.3, 0.4) is 0 Å². The number of aryl methyl sites for hydroxylation is 1. The number of Topliss-reactive ketones (excluding diaryl/α,β-unsaturated/α-hetero) is 1. The Morgan fingerprint density at radius 2 is 1.60 bits per heavy atom. The number of alkyl carbamates (subject to hydrolysis) is 1. The molecule has 0 fully saturated rings. The molecule has 0 saturated heterocycles. The molecule has 182 valence electrons. The quantitative estimate of drug-likeness (QED) is 0.389. The molecule has 3 aromatic carbocycles. The molecule has 3 aromatic rings. The zero-order chi connectivity index (χ0) is 25.2. The van der Waals surface area contributed by atoms with Crippen molar-refractivity contribution in [2.75, 3.05) is 5.32 Å². The Kier molecular flexibility index (Phi) is 9.38. The summed E-state index contributed by atoms with van der Waals surface area (Å²) in [5.74, 6) is -0.753. The number of carbonyl (C=O) groups is 3. The topological polar surface area (TPSA) is 84.5 Å². The molecule has 8 heteroatoms. The van der Waals surface area contributed by atoms with Gasteiger partial charge in [0.25, 0.3) is 0 Å². The maximum atomic E-state index is 13.0. The molecule has 0 aliphatic carbocycles. The highest BCUT2D eigenvalue weighted by atomic mass is 35.5. The van der Waals surface area contributed by atoms with E-state index in [9.17, 15) is 18.8 Å². The van der Waals surface area contributed by atoms with Gasteiger partial charge in [-0.25, -0.2) is 9.18 Å². The first-order valence-corrected chi connectivity index (χ1v) is 11.5. The number of ether oxygens (including phenoxy) is 1. The molecule has 0 aromatic heterocycles. The van der Waals surface area contributed by atoms with Crippen molar-refractivity contribution in [2.24, 2.45) is 0 Å². The van der Waals surface area contributed by atoms with Crippen molar-refractivity contribution in [1.29, 1.82) is 0 Å². The molecule has 0 bridgehead atoms. The third-order valence-electron chi connectivity index (χ3n) is 5.33. The number of nitrogens with one attached hydrogen (secondary N) is 2. The van der Waals surface area contributed by atoms with Crippen LogP contribution in [0.15, 0.2) is 72.8 Å². The van der Waals surface area contributed by atoms with Crippen molar-refractivity contribution < 1.29 is 23.5 Å². The zero-order valence-electron chi connectivity index (χ0n) is 19.2. The van der Waals surface area contributed by atoms with Gasteiger partial charge in [-0.2, -0.15) is 0 Å². The van der Waals surface area contributed by atoms with Crippen LogP contribution in [0, 0.1) is 5.82 Å². The van der Waals surface area contributed by atoms with E-state index in [1.54, 1.807) is 42.5 Å². The smallest absolute Gasteiger partial charge is 0.408 e. The number of hydrogen-bond acceptors (Lipinski definition) is 4. The maximum absolute atomic E-state index is 13.0. The number of benzene rings is 3. The maximum Gasteiger partial charge on any atom is 0.408 e. The summed E-state index contributed by atoms with van der Waals surface area (Å²) in [6, 6.07) is 19.3. The molecular formula is C27H26ClFN2O4. The molecule has 1 atom stereocenters. The van der Waals surface area contributed by atoms with Gasteiger partial charge < -0.3 is 15.4 Å². The van der Waals surface area contributed by atoms with Gasteiger partial charge in [0.05, 0.1) is 12.5 Å². The lowest BCUT2D eigenvalue weighted by molar-refractivity contribution is -0.119. The first-order valence-electron chi connectivity index (χ1n) is 11.1. The predicted molar refractivity (Wildman–Crippen MR) is 133 cm³/mol. The molecule has 0 spiro atoms. The highest BCUT2D eigenvalue weighted by Gasteiger charge is 2.18. The Morgan fingerprint density at radius 1 is 0.943 bits per heavy atom. The largest absolute Gasteiger partial charge is 0.445 e. The van der Waals surface area contributed by atoms with Gasteiger partial charge in [-0.1, -0.05) is 54.1 Å². The van der Waals surface area contributed by atoms with Crippen LogP contribution in [0.1, 0.15) is 30.0 Å². The molecule has 0 heterocycles. The third-order valence-corrected chi connectivity index (χ3v) is 5.70. The minimum atomic E-state index is -0.693. The number of hydrogen-bond donors (Lipinski definition) is 2. The number of carbonyl (C=O) groups excluding carboxylic acids is 3. The van der Waals surface area contributed by atoms with Crippen LogP contribution in [0.25, 0.3) is 0 Å². The molecule has 0 aliphatic heterocycles. The second-order valence-corrected chi connectivity index (χ2v) is 8.47. The van der Waals surface area contributed by atoms with Gasteiger partial charge in [0.2, 0.25) is 5.91 Å². The zero-order valence-corrected chi connectivity index (χ0v) is 20.0. The molecule has 2 amide bonds. The Bertz CT molecular complexity index is 1170. The summed E-state index contributed by atoms with van der Waals surface area (Å²) in [6.45, 7) is 1.42. The summed E-state index contributed by atoms with van der Waals surface area (Å²) in [5.41, 5.74) is 2.91. The fourth-order valence-corrected chi connectivity index (χ4v) is 3.62. The Balaban J connectivity index is 1.44. The first kappa shape index (κ1) is 25.9. The minimum absolute atomic E-state index is 0.00474. The van der Waals surface area contributed by atoms with E-state index in [1.807, 2.05) is 18.2 Å². The van der Waals surface area contributed by atoms with Gasteiger partial charge in [0.1, 0.15) is 12.4 Å². The lowest BCUT2D eigenvalue weighted by atomic mass is 10.0. The number of amides is 2. The molecular weight excluding hydrogens is 471 g/mol. The van der Waals surface area contributed by atoms with E-state index < -0.39 is 12.1 Å². The van der Waals surface area contributed by atoms with Crippen LogP contribution < -0.4 is 10.6 Å². The van der Waals surface area contributed by atoms with Crippen LogP contribution in [0.5, 0.6) is 0 Å². The highest BCUT2D eigenvalue weighted by Crippen LogP contribution is 2.18. The third kappa shape index (κ3) is 8.54. The lowest BCUT2D eigenvalue weighted by Crippen LogP contribution is -2.40.